The fourth-order valence-corrected chi connectivity index (χ4v) is 5.09. The van der Waals surface area contributed by atoms with Crippen molar-refractivity contribution in [2.45, 2.75) is 6.42 Å². The van der Waals surface area contributed by atoms with E-state index in [0.717, 1.165) is 42.9 Å². The van der Waals surface area contributed by atoms with Crippen LogP contribution in [0.5, 0.6) is 5.88 Å². The Labute approximate surface area is 229 Å². The Morgan fingerprint density at radius 1 is 0.875 bits per heavy atom. The molecule has 5 aromatic rings. The minimum absolute atomic E-state index is 0.0231. The molecule has 10 nitrogen and oxygen atoms in total. The van der Waals surface area contributed by atoms with Crippen molar-refractivity contribution < 1.29 is 18.7 Å². The summed E-state index contributed by atoms with van der Waals surface area (Å²) < 4.78 is 12.1. The number of rotatable bonds is 6. The van der Waals surface area contributed by atoms with Crippen LogP contribution in [0.4, 0.5) is 17.1 Å². The molecule has 1 aliphatic rings. The molecule has 2 aromatic carbocycles. The normalized spacial score (nSPS) is 14.9. The van der Waals surface area contributed by atoms with E-state index in [0.29, 0.717) is 22.5 Å². The highest BCUT2D eigenvalue weighted by atomic mass is 16.3. The molecule has 0 unspecified atom stereocenters. The topological polar surface area (TPSA) is 117 Å². The van der Waals surface area contributed by atoms with Gasteiger partial charge in [-0.1, -0.05) is 0 Å². The van der Waals surface area contributed by atoms with Gasteiger partial charge in [0.15, 0.2) is 11.5 Å². The summed E-state index contributed by atoms with van der Waals surface area (Å²) in [6, 6.07) is 19.1. The van der Waals surface area contributed by atoms with Crippen LogP contribution in [0.2, 0.25) is 0 Å². The summed E-state index contributed by atoms with van der Waals surface area (Å²) in [5, 5.41) is 15.0. The molecule has 3 aromatic heterocycles. The molecule has 1 saturated heterocycles. The Balaban J connectivity index is 1.47. The summed E-state index contributed by atoms with van der Waals surface area (Å²) in [6.45, 7) is 4.02. The lowest BCUT2D eigenvalue weighted by Crippen LogP contribution is -2.28. The largest absolute Gasteiger partial charge is 0.494 e. The molecule has 1 aliphatic heterocycles. The monoisotopic (exact) mass is 537 g/mol. The Morgan fingerprint density at radius 2 is 1.60 bits per heavy atom. The first-order valence-corrected chi connectivity index (χ1v) is 13.0. The van der Waals surface area contributed by atoms with E-state index >= 15 is 0 Å². The van der Waals surface area contributed by atoms with Gasteiger partial charge in [0, 0.05) is 30.7 Å². The number of furan rings is 2. The number of likely N-dealkylation sites (N-methyl/N-ethyl adjacent to an activating group) is 1. The first-order chi connectivity index (χ1) is 19.5. The smallest absolute Gasteiger partial charge is 0.300 e. The number of hydrogen-bond acceptors (Lipinski definition) is 9. The summed E-state index contributed by atoms with van der Waals surface area (Å²) in [5.74, 6) is -0.542. The number of nitroso groups, excluding NO2 is 1. The fourth-order valence-electron chi connectivity index (χ4n) is 5.09. The van der Waals surface area contributed by atoms with E-state index in [1.54, 1.807) is 24.3 Å². The van der Waals surface area contributed by atoms with E-state index in [1.807, 2.05) is 24.3 Å². The number of fused-ring (bicyclic) bond motifs is 1. The molecule has 0 aliphatic carbocycles. The lowest BCUT2D eigenvalue weighted by molar-refractivity contribution is 0.0929. The molecule has 4 heterocycles. The molecule has 0 atom stereocenters. The first kappa shape index (κ1) is 25.3. The van der Waals surface area contributed by atoms with Crippen LogP contribution in [0.3, 0.4) is 0 Å². The molecule has 40 heavy (non-hydrogen) atoms. The minimum Gasteiger partial charge on any atom is -0.494 e. The predicted molar refractivity (Wildman–Crippen MR) is 152 cm³/mol. The minimum atomic E-state index is -0.604. The van der Waals surface area contributed by atoms with Crippen LogP contribution >= 0.6 is 0 Å². The zero-order valence-electron chi connectivity index (χ0n) is 21.9. The van der Waals surface area contributed by atoms with Gasteiger partial charge in [0.25, 0.3) is 0 Å². The summed E-state index contributed by atoms with van der Waals surface area (Å²) in [7, 11) is 2.14. The van der Waals surface area contributed by atoms with Crippen LogP contribution in [0.1, 0.15) is 28.3 Å². The van der Waals surface area contributed by atoms with Crippen LogP contribution in [0.25, 0.3) is 10.9 Å². The summed E-state index contributed by atoms with van der Waals surface area (Å²) in [5.41, 5.74) is 2.76. The zero-order chi connectivity index (χ0) is 27.6. The molecule has 0 saturated carbocycles. The van der Waals surface area contributed by atoms with Crippen molar-refractivity contribution in [3.63, 3.8) is 0 Å². The Kier molecular flexibility index (Phi) is 6.75. The van der Waals surface area contributed by atoms with Gasteiger partial charge in [0.1, 0.15) is 11.4 Å². The third-order valence-electron chi connectivity index (χ3n) is 7.13. The van der Waals surface area contributed by atoms with Crippen molar-refractivity contribution in [2.75, 3.05) is 38.1 Å². The van der Waals surface area contributed by atoms with Crippen molar-refractivity contribution >= 4 is 39.6 Å². The fraction of sp³-hybridized carbons (Fsp3) is 0.200. The molecule has 202 valence electrons. The second-order valence-electron chi connectivity index (χ2n) is 9.71. The Hall–Kier alpha value is -4.96. The van der Waals surface area contributed by atoms with Gasteiger partial charge in [-0.3, -0.25) is 4.79 Å². The highest BCUT2D eigenvalue weighted by molar-refractivity contribution is 6.22. The molecule has 0 amide bonds. The number of aromatic nitrogens is 1. The number of carbonyl (C=O) groups excluding carboxylic acids is 1. The quantitative estimate of drug-likeness (QED) is 0.211. The van der Waals surface area contributed by atoms with Crippen molar-refractivity contribution in [3.05, 3.63) is 101 Å². The lowest BCUT2D eigenvalue weighted by Gasteiger charge is -2.22. The van der Waals surface area contributed by atoms with Gasteiger partial charge in [-0.05, 0) is 91.9 Å². The highest BCUT2D eigenvalue weighted by Crippen LogP contribution is 2.37. The Bertz CT molecular complexity index is 1680. The van der Waals surface area contributed by atoms with Crippen molar-refractivity contribution in [3.8, 4) is 5.88 Å². The third kappa shape index (κ3) is 4.69. The van der Waals surface area contributed by atoms with Crippen LogP contribution in [0, 0.1) is 4.91 Å². The zero-order valence-corrected chi connectivity index (χ0v) is 21.9. The standard InChI is InChI=1S/C30H27N5O5/c1-33-13-4-14-34(16-15-33)22-10-7-20(8-11-22)31-28(25-5-2-17-39-25)27-23-12-9-21(32-38)19-24(23)35(30(27)37)29(36)26-6-3-18-40-26/h2-3,5-12,17-19,37H,4,13-16H2,1H3. The average Bonchev–Trinajstić information content (AvgIpc) is 3.72. The van der Waals surface area contributed by atoms with E-state index in [1.165, 1.54) is 30.7 Å². The second-order valence-corrected chi connectivity index (χ2v) is 9.71. The highest BCUT2D eigenvalue weighted by Gasteiger charge is 2.28. The van der Waals surface area contributed by atoms with Crippen molar-refractivity contribution in [1.82, 2.24) is 9.47 Å². The number of aliphatic imine (C=N–C) groups is 1. The van der Waals surface area contributed by atoms with Gasteiger partial charge in [-0.2, -0.15) is 0 Å². The molecular formula is C30H27N5O5. The van der Waals surface area contributed by atoms with E-state index < -0.39 is 5.91 Å². The molecule has 1 fully saturated rings. The maximum Gasteiger partial charge on any atom is 0.300 e. The van der Waals surface area contributed by atoms with Crippen LogP contribution < -0.4 is 4.90 Å². The average molecular weight is 538 g/mol. The van der Waals surface area contributed by atoms with Crippen LogP contribution in [-0.4, -0.2) is 59.4 Å². The van der Waals surface area contributed by atoms with E-state index in [2.05, 4.69) is 22.0 Å². The summed E-state index contributed by atoms with van der Waals surface area (Å²) in [4.78, 5) is 34.3. The molecule has 1 N–H and O–H groups in total. The number of aromatic hydroxyl groups is 1. The molecule has 0 bridgehead atoms. The van der Waals surface area contributed by atoms with Gasteiger partial charge in [0.2, 0.25) is 5.88 Å². The molecular weight excluding hydrogens is 510 g/mol. The summed E-state index contributed by atoms with van der Waals surface area (Å²) in [6.07, 6.45) is 3.99. The van der Waals surface area contributed by atoms with Gasteiger partial charge >= 0.3 is 5.91 Å². The summed E-state index contributed by atoms with van der Waals surface area (Å²) >= 11 is 0. The van der Waals surface area contributed by atoms with Gasteiger partial charge < -0.3 is 23.7 Å². The molecule has 0 radical (unpaired) electrons. The van der Waals surface area contributed by atoms with Crippen LogP contribution in [-0.2, 0) is 0 Å². The van der Waals surface area contributed by atoms with E-state index in [-0.39, 0.29) is 28.4 Å². The molecule has 6 rings (SSSR count). The lowest BCUT2D eigenvalue weighted by atomic mass is 10.1. The van der Waals surface area contributed by atoms with Crippen molar-refractivity contribution in [2.24, 2.45) is 10.2 Å². The van der Waals surface area contributed by atoms with Crippen molar-refractivity contribution in [1.29, 1.82) is 0 Å². The van der Waals surface area contributed by atoms with Gasteiger partial charge in [-0.15, -0.1) is 4.91 Å². The predicted octanol–water partition coefficient (Wildman–Crippen LogP) is 5.93. The third-order valence-corrected chi connectivity index (χ3v) is 7.13. The maximum atomic E-state index is 13.4. The van der Waals surface area contributed by atoms with Crippen LogP contribution in [0.15, 0.2) is 98.3 Å². The Morgan fingerprint density at radius 3 is 2.30 bits per heavy atom. The number of anilines is 1. The van der Waals surface area contributed by atoms with Gasteiger partial charge in [0.05, 0.1) is 29.3 Å². The van der Waals surface area contributed by atoms with E-state index in [9.17, 15) is 14.8 Å². The first-order valence-electron chi connectivity index (χ1n) is 13.0. The number of hydrogen-bond donors (Lipinski definition) is 1. The van der Waals surface area contributed by atoms with E-state index in [4.69, 9.17) is 13.8 Å². The number of benzene rings is 2. The number of carbonyl (C=O) groups is 1. The molecule has 10 heteroatoms. The number of nitrogens with zero attached hydrogens (tertiary/aromatic N) is 5. The van der Waals surface area contributed by atoms with Gasteiger partial charge in [-0.25, -0.2) is 9.56 Å². The SMILES string of the molecule is CN1CCCN(c2ccc(N=C(c3ccco3)c3c(O)n(C(=O)c4ccco4)c4cc(N=O)ccc34)cc2)CC1. The molecule has 0 spiro atoms. The second kappa shape index (κ2) is 10.7. The maximum absolute atomic E-state index is 13.4.